The molecule has 0 radical (unpaired) electrons. The van der Waals surface area contributed by atoms with E-state index in [0.717, 1.165) is 87.8 Å². The number of amides is 1. The molecule has 1 aliphatic heterocycles. The largest absolute Gasteiger partial charge is 0.356 e. The van der Waals surface area contributed by atoms with Crippen molar-refractivity contribution >= 4 is 53.0 Å². The van der Waals surface area contributed by atoms with Gasteiger partial charge < -0.3 is 5.32 Å². The molecule has 1 aliphatic rings. The lowest BCUT2D eigenvalue weighted by atomic mass is 10.1. The summed E-state index contributed by atoms with van der Waals surface area (Å²) in [5, 5.41) is 38.8. The predicted octanol–water partition coefficient (Wildman–Crippen LogP) is 7.32. The van der Waals surface area contributed by atoms with Gasteiger partial charge in [-0.05, 0) is 63.1 Å². The number of allylic oxidation sites excluding steroid dienone is 1. The molecule has 0 saturated carbocycles. The van der Waals surface area contributed by atoms with E-state index in [-0.39, 0.29) is 71.2 Å². The van der Waals surface area contributed by atoms with E-state index in [1.807, 2.05) is 6.08 Å². The van der Waals surface area contributed by atoms with Gasteiger partial charge in [-0.25, -0.2) is 25.3 Å². The van der Waals surface area contributed by atoms with Crippen molar-refractivity contribution < 1.29 is 44.8 Å². The van der Waals surface area contributed by atoms with Crippen LogP contribution in [0.2, 0.25) is 0 Å². The van der Waals surface area contributed by atoms with Gasteiger partial charge in [0.1, 0.15) is 0 Å². The summed E-state index contributed by atoms with van der Waals surface area (Å²) in [5.74, 6) is -0.623. The van der Waals surface area contributed by atoms with Gasteiger partial charge in [-0.3, -0.25) is 35.1 Å². The summed E-state index contributed by atoms with van der Waals surface area (Å²) >= 11 is 0. The number of nitrogens with zero attached hydrogens (tertiary/aromatic N) is 6. The molecule has 0 spiro atoms. The fourth-order valence-corrected chi connectivity index (χ4v) is 12.9. The van der Waals surface area contributed by atoms with Crippen LogP contribution in [0.1, 0.15) is 96.8 Å². The molecule has 1 fully saturated rings. The number of para-hydroxylation sites is 3. The van der Waals surface area contributed by atoms with Crippen molar-refractivity contribution in [3.05, 3.63) is 115 Å². The quantitative estimate of drug-likeness (QED) is 0.0567. The highest BCUT2D eigenvalue weighted by atomic mass is 32.2. The lowest BCUT2D eigenvalue weighted by molar-refractivity contribution is -0.388. The van der Waals surface area contributed by atoms with Gasteiger partial charge in [0.15, 0.2) is 14.7 Å². The molecule has 1 heterocycles. The van der Waals surface area contributed by atoms with Gasteiger partial charge in [0.25, 0.3) is 17.1 Å². The van der Waals surface area contributed by atoms with E-state index in [9.17, 15) is 60.4 Å². The molecule has 0 aliphatic carbocycles. The minimum absolute atomic E-state index is 0.0107. The van der Waals surface area contributed by atoms with Crippen LogP contribution in [0, 0.1) is 30.3 Å². The number of hydrogen-bond donors (Lipinski definition) is 1. The van der Waals surface area contributed by atoms with E-state index < -0.39 is 102 Å². The fourth-order valence-electron chi connectivity index (χ4n) is 7.73. The number of sulfonamides is 3. The standard InChI is InChI=1S/C43H59N7O13S3/c1-2-3-4-5-6-7-8-9-11-22-36-35-43(51)44-29-20-32-45(64(58,59)40-26-15-12-23-37(40)48(52)53)30-18-10-19-31-46(65(60,61)41-27-16-13-24-38(41)49(54)55)33-21-34-47(36)66(62,63)42-28-17-14-25-39(42)50(56)57/h9,11-17,23-28,36H,2-8,10,18-22,29-35H2,1H3,(H,44,51)/b11-9-. The Morgan fingerprint density at radius 2 is 1.02 bits per heavy atom. The van der Waals surface area contributed by atoms with Crippen molar-refractivity contribution in [3.63, 3.8) is 0 Å². The summed E-state index contributed by atoms with van der Waals surface area (Å²) < 4.78 is 89.0. The van der Waals surface area contributed by atoms with Gasteiger partial charge in [-0.15, -0.1) is 0 Å². The monoisotopic (exact) mass is 977 g/mol. The Labute approximate surface area is 386 Å². The molecule has 0 bridgehead atoms. The lowest BCUT2D eigenvalue weighted by Crippen LogP contribution is -2.45. The van der Waals surface area contributed by atoms with Gasteiger partial charge >= 0.3 is 0 Å². The van der Waals surface area contributed by atoms with Crippen molar-refractivity contribution in [1.29, 1.82) is 0 Å². The molecular formula is C43H59N7O13S3. The summed E-state index contributed by atoms with van der Waals surface area (Å²) in [4.78, 5) is 45.5. The highest BCUT2D eigenvalue weighted by Gasteiger charge is 2.38. The van der Waals surface area contributed by atoms with Crippen LogP contribution in [0.4, 0.5) is 17.1 Å². The van der Waals surface area contributed by atoms with Crippen molar-refractivity contribution in [1.82, 2.24) is 18.2 Å². The van der Waals surface area contributed by atoms with E-state index in [4.69, 9.17) is 0 Å². The number of hydrogen-bond acceptors (Lipinski definition) is 13. The average Bonchev–Trinajstić information content (AvgIpc) is 3.28. The second-order valence-corrected chi connectivity index (χ2v) is 21.5. The Bertz CT molecular complexity index is 2510. The van der Waals surface area contributed by atoms with Crippen LogP contribution in [-0.2, 0) is 34.9 Å². The Morgan fingerprint density at radius 3 is 1.52 bits per heavy atom. The summed E-state index contributed by atoms with van der Waals surface area (Å²) in [6.45, 7) is 0.759. The third kappa shape index (κ3) is 14.6. The second kappa shape index (κ2) is 25.6. The summed E-state index contributed by atoms with van der Waals surface area (Å²) in [6, 6.07) is 13.3. The number of unbranched alkanes of at least 4 members (excludes halogenated alkanes) is 6. The topological polar surface area (TPSA) is 271 Å². The second-order valence-electron chi connectivity index (χ2n) is 15.8. The first-order valence-corrected chi connectivity index (χ1v) is 26.4. The van der Waals surface area contributed by atoms with E-state index in [2.05, 4.69) is 12.2 Å². The van der Waals surface area contributed by atoms with Gasteiger partial charge in [-0.2, -0.15) is 12.9 Å². The highest BCUT2D eigenvalue weighted by molar-refractivity contribution is 7.89. The molecule has 362 valence electrons. The summed E-state index contributed by atoms with van der Waals surface area (Å²) in [6.07, 6.45) is 10.5. The van der Waals surface area contributed by atoms with E-state index >= 15 is 0 Å². The minimum atomic E-state index is -4.78. The highest BCUT2D eigenvalue weighted by Crippen LogP contribution is 2.32. The number of benzene rings is 3. The lowest BCUT2D eigenvalue weighted by Gasteiger charge is -2.31. The molecule has 1 amide bonds. The molecule has 20 nitrogen and oxygen atoms in total. The third-order valence-corrected chi connectivity index (χ3v) is 17.0. The van der Waals surface area contributed by atoms with Gasteiger partial charge in [-0.1, -0.05) is 94.0 Å². The van der Waals surface area contributed by atoms with E-state index in [0.29, 0.717) is 6.42 Å². The van der Waals surface area contributed by atoms with Crippen molar-refractivity contribution in [3.8, 4) is 0 Å². The first kappa shape index (κ1) is 53.4. The van der Waals surface area contributed by atoms with Crippen LogP contribution in [-0.4, -0.2) is 104 Å². The van der Waals surface area contributed by atoms with Gasteiger partial charge in [0, 0.05) is 69.9 Å². The van der Waals surface area contributed by atoms with Crippen molar-refractivity contribution in [2.45, 2.75) is 118 Å². The minimum Gasteiger partial charge on any atom is -0.356 e. The number of carbonyl (C=O) groups excluding carboxylic acids is 1. The van der Waals surface area contributed by atoms with Crippen LogP contribution >= 0.6 is 0 Å². The van der Waals surface area contributed by atoms with E-state index in [1.54, 1.807) is 6.08 Å². The molecule has 3 aromatic carbocycles. The number of nitrogens with one attached hydrogen (secondary N) is 1. The normalized spacial score (nSPS) is 17.7. The number of nitro benzene ring substituents is 3. The smallest absolute Gasteiger partial charge is 0.289 e. The van der Waals surface area contributed by atoms with Gasteiger partial charge in [0.05, 0.1) is 14.8 Å². The molecule has 66 heavy (non-hydrogen) atoms. The average molecular weight is 978 g/mol. The zero-order valence-corrected chi connectivity index (χ0v) is 39.5. The van der Waals surface area contributed by atoms with Crippen molar-refractivity contribution in [2.24, 2.45) is 0 Å². The number of nitro groups is 3. The van der Waals surface area contributed by atoms with Crippen molar-refractivity contribution in [2.75, 3.05) is 39.3 Å². The maximum atomic E-state index is 14.7. The first-order chi connectivity index (χ1) is 31.4. The Kier molecular flexibility index (Phi) is 20.8. The molecule has 1 saturated heterocycles. The zero-order chi connectivity index (χ0) is 48.3. The van der Waals surface area contributed by atoms with Crippen LogP contribution in [0.25, 0.3) is 0 Å². The molecular weight excluding hydrogens is 919 g/mol. The molecule has 1 unspecified atom stereocenters. The molecule has 1 N–H and O–H groups in total. The van der Waals surface area contributed by atoms with E-state index in [1.165, 1.54) is 36.4 Å². The number of carbonyl (C=O) groups is 1. The zero-order valence-electron chi connectivity index (χ0n) is 37.0. The summed E-state index contributed by atoms with van der Waals surface area (Å²) in [5.41, 5.74) is -2.03. The SMILES string of the molecule is CCCCCCCC/C=C\CC1CC(=O)NCCCN(S(=O)(=O)c2ccccc2[N+](=O)[O-])CCCCCN(S(=O)(=O)c2ccccc2[N+](=O)[O-])CCCN1S(=O)(=O)c1ccccc1[N+](=O)[O-]. The molecule has 3 aromatic rings. The molecule has 4 rings (SSSR count). The Morgan fingerprint density at radius 1 is 0.576 bits per heavy atom. The molecule has 23 heteroatoms. The maximum absolute atomic E-state index is 14.7. The Hall–Kier alpha value is -5.20. The molecule has 1 atom stereocenters. The molecule has 0 aromatic heterocycles. The van der Waals surface area contributed by atoms with Gasteiger partial charge in [0.2, 0.25) is 36.0 Å². The number of rotatable bonds is 18. The van der Waals surface area contributed by atoms with Crippen LogP contribution in [0.15, 0.2) is 99.6 Å². The third-order valence-electron chi connectivity index (χ3n) is 11.1. The summed E-state index contributed by atoms with van der Waals surface area (Å²) in [7, 11) is -13.9. The van der Waals surface area contributed by atoms with Crippen LogP contribution in [0.5, 0.6) is 0 Å². The van der Waals surface area contributed by atoms with Crippen LogP contribution in [0.3, 0.4) is 0 Å². The fraction of sp³-hybridized carbons (Fsp3) is 0.512. The van der Waals surface area contributed by atoms with Crippen LogP contribution < -0.4 is 5.32 Å². The maximum Gasteiger partial charge on any atom is 0.289 e. The first-order valence-electron chi connectivity index (χ1n) is 22.1. The predicted molar refractivity (Wildman–Crippen MR) is 247 cm³/mol. The Balaban J connectivity index is 1.77.